The zero-order chi connectivity index (χ0) is 23.4. The van der Waals surface area contributed by atoms with Crippen LogP contribution in [0.3, 0.4) is 0 Å². The molecule has 4 saturated carbocycles. The molecule has 0 amide bonds. The highest BCUT2D eigenvalue weighted by Crippen LogP contribution is 2.59. The van der Waals surface area contributed by atoms with Crippen LogP contribution in [0.15, 0.2) is 36.4 Å². The van der Waals surface area contributed by atoms with Crippen molar-refractivity contribution in [3.8, 4) is 11.5 Å². The summed E-state index contributed by atoms with van der Waals surface area (Å²) in [5.74, 6) is 7.87. The van der Waals surface area contributed by atoms with Gasteiger partial charge in [0, 0.05) is 0 Å². The Labute approximate surface area is 205 Å². The molecule has 4 fully saturated rings. The first-order valence-corrected chi connectivity index (χ1v) is 14.0. The molecular weight excluding hydrogens is 416 g/mol. The highest BCUT2D eigenvalue weighted by molar-refractivity contribution is 5.38. The summed E-state index contributed by atoms with van der Waals surface area (Å²) in [4.78, 5) is 0. The van der Waals surface area contributed by atoms with Crippen molar-refractivity contribution < 1.29 is 10.2 Å². The second kappa shape index (κ2) is 8.92. The molecule has 0 aliphatic heterocycles. The number of aromatic hydroxyl groups is 2. The Bertz CT molecular complexity index is 1040. The van der Waals surface area contributed by atoms with Gasteiger partial charge >= 0.3 is 0 Å². The van der Waals surface area contributed by atoms with Crippen LogP contribution in [0.25, 0.3) is 0 Å². The lowest BCUT2D eigenvalue weighted by molar-refractivity contribution is 0.255. The Kier molecular flexibility index (Phi) is 5.90. The van der Waals surface area contributed by atoms with Crippen LogP contribution in [0, 0.1) is 49.4 Å². The van der Waals surface area contributed by atoms with Gasteiger partial charge in [-0.15, -0.1) is 0 Å². The fourth-order valence-electron chi connectivity index (χ4n) is 9.00. The molecule has 4 aliphatic carbocycles. The molecule has 2 heteroatoms. The number of rotatable bonds is 7. The molecule has 4 aliphatic rings. The van der Waals surface area contributed by atoms with Crippen LogP contribution in [0.5, 0.6) is 11.5 Å². The molecular formula is C32H42O2. The minimum absolute atomic E-state index is 0.435. The van der Waals surface area contributed by atoms with Gasteiger partial charge in [-0.2, -0.15) is 0 Å². The summed E-state index contributed by atoms with van der Waals surface area (Å²) in [7, 11) is 0. The monoisotopic (exact) mass is 458 g/mol. The fourth-order valence-corrected chi connectivity index (χ4v) is 9.00. The molecule has 6 rings (SSSR count). The number of hydrogen-bond donors (Lipinski definition) is 2. The average Bonchev–Trinajstić information content (AvgIpc) is 3.60. The van der Waals surface area contributed by atoms with Crippen LogP contribution in [0.1, 0.15) is 98.3 Å². The van der Waals surface area contributed by atoms with E-state index in [1.165, 1.54) is 75.3 Å². The van der Waals surface area contributed by atoms with Crippen molar-refractivity contribution in [3.63, 3.8) is 0 Å². The third-order valence-corrected chi connectivity index (χ3v) is 10.7. The first-order valence-electron chi connectivity index (χ1n) is 14.0. The number of phenolic OH excluding ortho intramolecular Hbond substituents is 2. The van der Waals surface area contributed by atoms with Gasteiger partial charge in [-0.3, -0.25) is 0 Å². The number of fused-ring (bicyclic) bond motifs is 4. The molecule has 0 aromatic heterocycles. The Balaban J connectivity index is 0.976. The van der Waals surface area contributed by atoms with Gasteiger partial charge in [0.25, 0.3) is 0 Å². The normalized spacial score (nSPS) is 35.9. The molecule has 0 spiro atoms. The fraction of sp³-hybridized carbons (Fsp3) is 0.625. The van der Waals surface area contributed by atoms with Crippen LogP contribution in [0.2, 0.25) is 0 Å². The first kappa shape index (κ1) is 22.5. The first-order chi connectivity index (χ1) is 16.5. The smallest absolute Gasteiger partial charge is 0.118 e. The molecule has 0 heterocycles. The van der Waals surface area contributed by atoms with E-state index in [2.05, 4.69) is 24.3 Å². The largest absolute Gasteiger partial charge is 0.508 e. The van der Waals surface area contributed by atoms with Crippen molar-refractivity contribution in [1.29, 1.82) is 0 Å². The predicted molar refractivity (Wildman–Crippen MR) is 138 cm³/mol. The Morgan fingerprint density at radius 2 is 1.29 bits per heavy atom. The molecule has 34 heavy (non-hydrogen) atoms. The standard InChI is InChI=1S/C32H42O2/c1-19-11-24(7-9-31(19)33)28-18-26-17-27(28)16-22(26)5-3-4-6-23-13-21-14-29(23)30(15-21)25-8-10-32(34)20(2)12-25/h7-12,21-23,26-30,33-34H,3-6,13-18H2,1-2H3. The maximum absolute atomic E-state index is 9.93. The SMILES string of the molecule is Cc1cc(C2CC3CC2CC3CCCCC2CC3CC(c4ccc(O)c(C)c4)C2C3)ccc1O. The molecule has 2 aromatic carbocycles. The van der Waals surface area contributed by atoms with E-state index in [0.29, 0.717) is 11.5 Å². The van der Waals surface area contributed by atoms with Crippen LogP contribution in [-0.4, -0.2) is 10.2 Å². The summed E-state index contributed by atoms with van der Waals surface area (Å²) in [6.45, 7) is 4.06. The molecule has 0 saturated heterocycles. The van der Waals surface area contributed by atoms with Crippen LogP contribution in [0.4, 0.5) is 0 Å². The van der Waals surface area contributed by atoms with Crippen molar-refractivity contribution in [2.75, 3.05) is 0 Å². The summed E-state index contributed by atoms with van der Waals surface area (Å²) >= 11 is 0. The molecule has 2 nitrogen and oxygen atoms in total. The van der Waals surface area contributed by atoms with E-state index in [1.807, 2.05) is 26.0 Å². The predicted octanol–water partition coefficient (Wildman–Crippen LogP) is 8.23. The van der Waals surface area contributed by atoms with Gasteiger partial charge in [-0.05, 0) is 134 Å². The van der Waals surface area contributed by atoms with Gasteiger partial charge in [0.05, 0.1) is 0 Å². The molecule has 0 radical (unpaired) electrons. The minimum atomic E-state index is 0.435. The van der Waals surface area contributed by atoms with E-state index >= 15 is 0 Å². The maximum Gasteiger partial charge on any atom is 0.118 e. The second-order valence-electron chi connectivity index (χ2n) is 12.6. The highest BCUT2D eigenvalue weighted by Gasteiger charge is 2.47. The Morgan fingerprint density at radius 1 is 0.647 bits per heavy atom. The van der Waals surface area contributed by atoms with E-state index in [1.54, 1.807) is 0 Å². The van der Waals surface area contributed by atoms with E-state index in [4.69, 9.17) is 0 Å². The summed E-state index contributed by atoms with van der Waals surface area (Å²) in [6.07, 6.45) is 14.3. The number of phenols is 2. The average molecular weight is 459 g/mol. The van der Waals surface area contributed by atoms with Gasteiger partial charge < -0.3 is 10.2 Å². The van der Waals surface area contributed by atoms with E-state index < -0.39 is 0 Å². The van der Waals surface area contributed by atoms with E-state index in [0.717, 1.165) is 58.5 Å². The van der Waals surface area contributed by atoms with Gasteiger partial charge in [0.15, 0.2) is 0 Å². The maximum atomic E-state index is 9.93. The molecule has 2 N–H and O–H groups in total. The third-order valence-electron chi connectivity index (χ3n) is 10.7. The van der Waals surface area contributed by atoms with Crippen molar-refractivity contribution in [1.82, 2.24) is 0 Å². The van der Waals surface area contributed by atoms with Crippen LogP contribution in [-0.2, 0) is 0 Å². The summed E-state index contributed by atoms with van der Waals surface area (Å²) in [5.41, 5.74) is 5.01. The molecule has 8 atom stereocenters. The van der Waals surface area contributed by atoms with Gasteiger partial charge in [-0.1, -0.05) is 49.9 Å². The van der Waals surface area contributed by atoms with Crippen molar-refractivity contribution in [3.05, 3.63) is 58.7 Å². The topological polar surface area (TPSA) is 40.5 Å². The van der Waals surface area contributed by atoms with Crippen LogP contribution < -0.4 is 0 Å². The van der Waals surface area contributed by atoms with Gasteiger partial charge in [-0.25, -0.2) is 0 Å². The second-order valence-corrected chi connectivity index (χ2v) is 12.6. The molecule has 4 bridgehead atoms. The number of aryl methyl sites for hydroxylation is 2. The Hall–Kier alpha value is -1.96. The van der Waals surface area contributed by atoms with Gasteiger partial charge in [0.1, 0.15) is 11.5 Å². The zero-order valence-corrected chi connectivity index (χ0v) is 21.0. The number of unbranched alkanes of at least 4 members (excludes halogenated alkanes) is 1. The molecule has 8 unspecified atom stereocenters. The van der Waals surface area contributed by atoms with Crippen molar-refractivity contribution >= 4 is 0 Å². The van der Waals surface area contributed by atoms with E-state index in [-0.39, 0.29) is 0 Å². The third kappa shape index (κ3) is 4.06. The lowest BCUT2D eigenvalue weighted by Crippen LogP contribution is -2.19. The van der Waals surface area contributed by atoms with Gasteiger partial charge in [0.2, 0.25) is 0 Å². The highest BCUT2D eigenvalue weighted by atomic mass is 16.3. The van der Waals surface area contributed by atoms with Crippen molar-refractivity contribution in [2.24, 2.45) is 35.5 Å². The van der Waals surface area contributed by atoms with E-state index in [9.17, 15) is 10.2 Å². The number of benzene rings is 2. The summed E-state index contributed by atoms with van der Waals surface area (Å²) in [6, 6.07) is 12.7. The zero-order valence-electron chi connectivity index (χ0n) is 21.0. The molecule has 182 valence electrons. The number of hydrogen-bond acceptors (Lipinski definition) is 2. The van der Waals surface area contributed by atoms with Crippen LogP contribution >= 0.6 is 0 Å². The summed E-state index contributed by atoms with van der Waals surface area (Å²) in [5, 5.41) is 19.8. The lowest BCUT2D eigenvalue weighted by atomic mass is 9.74. The molecule has 2 aromatic rings. The quantitative estimate of drug-likeness (QED) is 0.410. The summed E-state index contributed by atoms with van der Waals surface area (Å²) < 4.78 is 0. The Morgan fingerprint density at radius 3 is 1.88 bits per heavy atom. The van der Waals surface area contributed by atoms with Crippen molar-refractivity contribution in [2.45, 2.75) is 89.9 Å². The minimum Gasteiger partial charge on any atom is -0.508 e. The lowest BCUT2D eigenvalue weighted by Gasteiger charge is -2.31.